The monoisotopic (exact) mass is 468 g/mol. The molecule has 1 aliphatic rings. The highest BCUT2D eigenvalue weighted by molar-refractivity contribution is 9.10. The van der Waals surface area contributed by atoms with Crippen LogP contribution in [0.4, 0.5) is 11.4 Å². The summed E-state index contributed by atoms with van der Waals surface area (Å²) < 4.78 is 39.4. The fourth-order valence-electron chi connectivity index (χ4n) is 2.83. The molecule has 1 fully saturated rings. The second-order valence-electron chi connectivity index (χ2n) is 6.63. The number of benzene rings is 2. The summed E-state index contributed by atoms with van der Waals surface area (Å²) in [6.45, 7) is 2.01. The minimum Gasteiger partial charge on any atom is -0.496 e. The number of anilines is 2. The highest BCUT2D eigenvalue weighted by Gasteiger charge is 2.39. The van der Waals surface area contributed by atoms with E-state index in [1.807, 2.05) is 6.92 Å². The van der Waals surface area contributed by atoms with E-state index in [1.165, 1.54) is 26.4 Å². The van der Waals surface area contributed by atoms with E-state index in [2.05, 4.69) is 26.0 Å². The molecule has 0 bridgehead atoms. The standard InChI is InChI=1S/C19H21BrN2O5S/c1-11-8-14(11)19(23)21-12-4-7-17(27-3)18(10-12)28(24,25)22-13-5-6-16(26-2)15(20)9-13/h4-7,9-11,14,22H,8H2,1-3H3,(H,21,23)/t11-,14-/m0/s1. The zero-order chi connectivity index (χ0) is 20.5. The zero-order valence-corrected chi connectivity index (χ0v) is 18.1. The Hall–Kier alpha value is -2.26. The predicted octanol–water partition coefficient (Wildman–Crippen LogP) is 3.86. The quantitative estimate of drug-likeness (QED) is 0.643. The number of ether oxygens (including phenoxy) is 2. The van der Waals surface area contributed by atoms with Gasteiger partial charge in [-0.2, -0.15) is 0 Å². The highest BCUT2D eigenvalue weighted by atomic mass is 79.9. The van der Waals surface area contributed by atoms with Crippen LogP contribution in [0.5, 0.6) is 11.5 Å². The van der Waals surface area contributed by atoms with Crippen molar-refractivity contribution in [3.63, 3.8) is 0 Å². The van der Waals surface area contributed by atoms with E-state index in [9.17, 15) is 13.2 Å². The normalized spacial score (nSPS) is 18.3. The lowest BCUT2D eigenvalue weighted by Gasteiger charge is -2.14. The summed E-state index contributed by atoms with van der Waals surface area (Å²) >= 11 is 3.33. The first-order valence-corrected chi connectivity index (χ1v) is 10.9. The zero-order valence-electron chi connectivity index (χ0n) is 15.7. The Balaban J connectivity index is 1.87. The number of amides is 1. The molecule has 2 aromatic carbocycles. The Bertz CT molecular complexity index is 1010. The molecule has 28 heavy (non-hydrogen) atoms. The predicted molar refractivity (Wildman–Crippen MR) is 110 cm³/mol. The Kier molecular flexibility index (Phi) is 5.85. The van der Waals surface area contributed by atoms with E-state index in [1.54, 1.807) is 24.3 Å². The van der Waals surface area contributed by atoms with Crippen LogP contribution in [0.15, 0.2) is 45.8 Å². The smallest absolute Gasteiger partial charge is 0.265 e. The lowest BCUT2D eigenvalue weighted by Crippen LogP contribution is -2.17. The molecule has 1 amide bonds. The topological polar surface area (TPSA) is 93.7 Å². The first kappa shape index (κ1) is 20.5. The van der Waals surface area contributed by atoms with Crippen LogP contribution in [-0.2, 0) is 14.8 Å². The van der Waals surface area contributed by atoms with Crippen LogP contribution in [-0.4, -0.2) is 28.5 Å². The third-order valence-electron chi connectivity index (χ3n) is 4.57. The average molecular weight is 469 g/mol. The van der Waals surface area contributed by atoms with Gasteiger partial charge in [-0.1, -0.05) is 6.92 Å². The molecule has 0 spiro atoms. The minimum absolute atomic E-state index is 0.0167. The van der Waals surface area contributed by atoms with E-state index in [0.717, 1.165) is 6.42 Å². The fraction of sp³-hybridized carbons (Fsp3) is 0.316. The number of carbonyl (C=O) groups is 1. The average Bonchev–Trinajstić information content (AvgIpc) is 3.38. The Labute approximate surface area is 172 Å². The second-order valence-corrected chi connectivity index (χ2v) is 9.13. The summed E-state index contributed by atoms with van der Waals surface area (Å²) in [6, 6.07) is 9.37. The van der Waals surface area contributed by atoms with Gasteiger partial charge in [0.25, 0.3) is 10.0 Å². The van der Waals surface area contributed by atoms with Crippen molar-refractivity contribution in [1.82, 2.24) is 0 Å². The largest absolute Gasteiger partial charge is 0.496 e. The molecule has 3 rings (SSSR count). The Morgan fingerprint density at radius 1 is 1.07 bits per heavy atom. The van der Waals surface area contributed by atoms with E-state index in [0.29, 0.717) is 27.5 Å². The van der Waals surface area contributed by atoms with Gasteiger partial charge < -0.3 is 14.8 Å². The van der Waals surface area contributed by atoms with Gasteiger partial charge in [0.05, 0.1) is 24.4 Å². The van der Waals surface area contributed by atoms with Gasteiger partial charge in [0.1, 0.15) is 16.4 Å². The maximum Gasteiger partial charge on any atom is 0.265 e. The molecule has 0 radical (unpaired) electrons. The third-order valence-corrected chi connectivity index (χ3v) is 6.59. The number of rotatable bonds is 7. The van der Waals surface area contributed by atoms with Crippen molar-refractivity contribution in [3.8, 4) is 11.5 Å². The lowest BCUT2D eigenvalue weighted by molar-refractivity contribution is -0.117. The number of nitrogens with one attached hydrogen (secondary N) is 2. The Morgan fingerprint density at radius 2 is 1.68 bits per heavy atom. The van der Waals surface area contributed by atoms with Gasteiger partial charge in [0.2, 0.25) is 5.91 Å². The van der Waals surface area contributed by atoms with Crippen molar-refractivity contribution in [1.29, 1.82) is 0 Å². The maximum atomic E-state index is 12.9. The van der Waals surface area contributed by atoms with Gasteiger partial charge in [0, 0.05) is 11.6 Å². The molecule has 0 aromatic heterocycles. The SMILES string of the molecule is COc1ccc(NS(=O)(=O)c2cc(NC(=O)[C@H]3C[C@@H]3C)ccc2OC)cc1Br. The molecule has 2 atom stereocenters. The van der Waals surface area contributed by atoms with Crippen LogP contribution < -0.4 is 19.5 Å². The number of hydrogen-bond donors (Lipinski definition) is 2. The van der Waals surface area contributed by atoms with Gasteiger partial charge in [-0.05, 0) is 64.7 Å². The summed E-state index contributed by atoms with van der Waals surface area (Å²) in [5.41, 5.74) is 0.761. The second kappa shape index (κ2) is 8.00. The van der Waals surface area contributed by atoms with Crippen molar-refractivity contribution in [2.75, 3.05) is 24.3 Å². The summed E-state index contributed by atoms with van der Waals surface area (Å²) in [6.07, 6.45) is 0.848. The molecular weight excluding hydrogens is 448 g/mol. The number of methoxy groups -OCH3 is 2. The molecule has 1 saturated carbocycles. The number of halogens is 1. The van der Waals surface area contributed by atoms with Gasteiger partial charge >= 0.3 is 0 Å². The van der Waals surface area contributed by atoms with Crippen LogP contribution in [0, 0.1) is 11.8 Å². The molecule has 2 aromatic rings. The first-order chi connectivity index (χ1) is 13.2. The van der Waals surface area contributed by atoms with Crippen molar-refractivity contribution >= 4 is 43.2 Å². The molecule has 0 aliphatic heterocycles. The van der Waals surface area contributed by atoms with Gasteiger partial charge in [-0.15, -0.1) is 0 Å². The fourth-order valence-corrected chi connectivity index (χ4v) is 4.61. The van der Waals surface area contributed by atoms with Crippen LogP contribution in [0.3, 0.4) is 0 Å². The third kappa shape index (κ3) is 4.41. The van der Waals surface area contributed by atoms with E-state index in [-0.39, 0.29) is 22.5 Å². The van der Waals surface area contributed by atoms with Gasteiger partial charge in [-0.25, -0.2) is 8.42 Å². The molecule has 9 heteroatoms. The number of carbonyl (C=O) groups excluding carboxylic acids is 1. The van der Waals surface area contributed by atoms with Crippen LogP contribution >= 0.6 is 15.9 Å². The molecule has 0 unspecified atom stereocenters. The van der Waals surface area contributed by atoms with Crippen LogP contribution in [0.2, 0.25) is 0 Å². The van der Waals surface area contributed by atoms with Crippen LogP contribution in [0.25, 0.3) is 0 Å². The number of sulfonamides is 1. The van der Waals surface area contributed by atoms with Crippen molar-refractivity contribution in [2.24, 2.45) is 11.8 Å². The van der Waals surface area contributed by atoms with Crippen molar-refractivity contribution in [3.05, 3.63) is 40.9 Å². The summed E-state index contributed by atoms with van der Waals surface area (Å²) in [7, 11) is -1.04. The van der Waals surface area contributed by atoms with Gasteiger partial charge in [0.15, 0.2) is 0 Å². The molecule has 0 saturated heterocycles. The van der Waals surface area contributed by atoms with Crippen molar-refractivity contribution < 1.29 is 22.7 Å². The van der Waals surface area contributed by atoms with Crippen molar-refractivity contribution in [2.45, 2.75) is 18.2 Å². The minimum atomic E-state index is -3.95. The van der Waals surface area contributed by atoms with E-state index >= 15 is 0 Å². The summed E-state index contributed by atoms with van der Waals surface area (Å²) in [4.78, 5) is 12.1. The molecule has 2 N–H and O–H groups in total. The summed E-state index contributed by atoms with van der Waals surface area (Å²) in [5.74, 6) is 0.999. The number of hydrogen-bond acceptors (Lipinski definition) is 5. The molecule has 0 heterocycles. The maximum absolute atomic E-state index is 12.9. The molecule has 1 aliphatic carbocycles. The molecular formula is C19H21BrN2O5S. The highest BCUT2D eigenvalue weighted by Crippen LogP contribution is 2.39. The molecule has 7 nitrogen and oxygen atoms in total. The van der Waals surface area contributed by atoms with Gasteiger partial charge in [-0.3, -0.25) is 9.52 Å². The summed E-state index contributed by atoms with van der Waals surface area (Å²) in [5, 5.41) is 2.78. The molecule has 150 valence electrons. The van der Waals surface area contributed by atoms with Crippen LogP contribution in [0.1, 0.15) is 13.3 Å². The van der Waals surface area contributed by atoms with E-state index in [4.69, 9.17) is 9.47 Å². The lowest BCUT2D eigenvalue weighted by atomic mass is 10.2. The van der Waals surface area contributed by atoms with E-state index < -0.39 is 10.0 Å². The Morgan fingerprint density at radius 3 is 2.25 bits per heavy atom. The first-order valence-electron chi connectivity index (χ1n) is 8.60.